The average molecular weight is 327 g/mol. The molecule has 0 bridgehead atoms. The Balaban J connectivity index is 1.74. The third kappa shape index (κ3) is 3.81. The molecular weight excluding hydrogens is 309 g/mol. The van der Waals surface area contributed by atoms with E-state index in [1.54, 1.807) is 42.5 Å². The van der Waals surface area contributed by atoms with Gasteiger partial charge in [0, 0.05) is 18.7 Å². The summed E-state index contributed by atoms with van der Waals surface area (Å²) in [5, 5.41) is 9.40. The molecule has 1 aliphatic heterocycles. The van der Waals surface area contributed by atoms with Crippen molar-refractivity contribution in [3.8, 4) is 5.75 Å². The number of phenolic OH excluding ortho intramolecular Hbond substituents is 1. The van der Waals surface area contributed by atoms with E-state index in [0.29, 0.717) is 43.1 Å². The number of phenols is 1. The van der Waals surface area contributed by atoms with Crippen LogP contribution in [-0.2, 0) is 4.74 Å². The van der Waals surface area contributed by atoms with Crippen molar-refractivity contribution in [2.24, 2.45) is 0 Å². The first-order valence-corrected chi connectivity index (χ1v) is 7.77. The van der Waals surface area contributed by atoms with Gasteiger partial charge in [-0.3, -0.25) is 4.79 Å². The Hall–Kier alpha value is -2.66. The third-order valence-electron chi connectivity index (χ3n) is 3.88. The molecule has 1 saturated heterocycles. The van der Waals surface area contributed by atoms with E-state index in [9.17, 15) is 14.3 Å². The maximum Gasteiger partial charge on any atom is 0.185 e. The maximum absolute atomic E-state index is 14.3. The molecule has 1 heterocycles. The van der Waals surface area contributed by atoms with Gasteiger partial charge in [-0.25, -0.2) is 4.39 Å². The highest BCUT2D eigenvalue weighted by atomic mass is 19.1. The second-order valence-corrected chi connectivity index (χ2v) is 5.56. The monoisotopic (exact) mass is 327 g/mol. The maximum atomic E-state index is 14.3. The van der Waals surface area contributed by atoms with Gasteiger partial charge in [0.05, 0.1) is 18.9 Å². The Morgan fingerprint density at radius 1 is 1.17 bits per heavy atom. The van der Waals surface area contributed by atoms with E-state index in [-0.39, 0.29) is 11.5 Å². The van der Waals surface area contributed by atoms with E-state index >= 15 is 0 Å². The molecule has 124 valence electrons. The van der Waals surface area contributed by atoms with Crippen molar-refractivity contribution in [2.75, 3.05) is 31.2 Å². The van der Waals surface area contributed by atoms with Crippen LogP contribution in [0.5, 0.6) is 5.75 Å². The van der Waals surface area contributed by atoms with Crippen LogP contribution in [0.1, 0.15) is 15.9 Å². The van der Waals surface area contributed by atoms with E-state index in [4.69, 9.17) is 4.74 Å². The molecule has 0 saturated carbocycles. The zero-order chi connectivity index (χ0) is 16.9. The van der Waals surface area contributed by atoms with Crippen LogP contribution >= 0.6 is 0 Å². The summed E-state index contributed by atoms with van der Waals surface area (Å²) in [6.45, 7) is 2.43. The van der Waals surface area contributed by atoms with Gasteiger partial charge in [0.25, 0.3) is 0 Å². The molecule has 4 nitrogen and oxygen atoms in total. The minimum atomic E-state index is -0.409. The Kier molecular flexibility index (Phi) is 4.91. The topological polar surface area (TPSA) is 49.8 Å². The van der Waals surface area contributed by atoms with Gasteiger partial charge in [-0.1, -0.05) is 18.2 Å². The third-order valence-corrected chi connectivity index (χ3v) is 3.88. The van der Waals surface area contributed by atoms with E-state index in [2.05, 4.69) is 0 Å². The molecule has 0 radical (unpaired) electrons. The molecule has 24 heavy (non-hydrogen) atoms. The number of ether oxygens (including phenoxy) is 1. The number of hydrogen-bond acceptors (Lipinski definition) is 4. The zero-order valence-electron chi connectivity index (χ0n) is 13.1. The Labute approximate surface area is 139 Å². The summed E-state index contributed by atoms with van der Waals surface area (Å²) in [5.41, 5.74) is 1.49. The van der Waals surface area contributed by atoms with Crippen LogP contribution in [0.15, 0.2) is 48.5 Å². The predicted molar refractivity (Wildman–Crippen MR) is 90.9 cm³/mol. The fourth-order valence-electron chi connectivity index (χ4n) is 2.62. The lowest BCUT2D eigenvalue weighted by molar-refractivity contribution is 0.104. The standard InChI is InChI=1S/C19H18FNO3/c20-17-13-15(5-6-18(17)21-8-10-24-11-9-21)19(23)7-4-14-2-1-3-16(22)12-14/h1-7,12-13,22H,8-11H2. The van der Waals surface area contributed by atoms with Gasteiger partial charge in [-0.2, -0.15) is 0 Å². The first-order chi connectivity index (χ1) is 11.6. The molecule has 5 heteroatoms. The molecule has 1 fully saturated rings. The lowest BCUT2D eigenvalue weighted by Crippen LogP contribution is -2.36. The second-order valence-electron chi connectivity index (χ2n) is 5.56. The van der Waals surface area contributed by atoms with Crippen LogP contribution in [0.3, 0.4) is 0 Å². The smallest absolute Gasteiger partial charge is 0.185 e. The number of benzene rings is 2. The quantitative estimate of drug-likeness (QED) is 0.692. The molecule has 2 aromatic carbocycles. The summed E-state index contributed by atoms with van der Waals surface area (Å²) in [4.78, 5) is 14.1. The largest absolute Gasteiger partial charge is 0.508 e. The summed E-state index contributed by atoms with van der Waals surface area (Å²) < 4.78 is 19.6. The lowest BCUT2D eigenvalue weighted by Gasteiger charge is -2.29. The Morgan fingerprint density at radius 2 is 1.96 bits per heavy atom. The van der Waals surface area contributed by atoms with E-state index < -0.39 is 5.82 Å². The van der Waals surface area contributed by atoms with Crippen molar-refractivity contribution >= 4 is 17.5 Å². The summed E-state index contributed by atoms with van der Waals surface area (Å²) >= 11 is 0. The van der Waals surface area contributed by atoms with Crippen LogP contribution in [0.4, 0.5) is 10.1 Å². The number of anilines is 1. The number of hydrogen-bond donors (Lipinski definition) is 1. The highest BCUT2D eigenvalue weighted by Gasteiger charge is 2.16. The van der Waals surface area contributed by atoms with E-state index in [1.165, 1.54) is 12.1 Å². The highest BCUT2D eigenvalue weighted by Crippen LogP contribution is 2.22. The van der Waals surface area contributed by atoms with Gasteiger partial charge < -0.3 is 14.7 Å². The number of carbonyl (C=O) groups excluding carboxylic acids is 1. The first-order valence-electron chi connectivity index (χ1n) is 7.77. The normalized spacial score (nSPS) is 15.0. The van der Waals surface area contributed by atoms with Crippen LogP contribution in [0.25, 0.3) is 6.08 Å². The molecule has 3 rings (SSSR count). The van der Waals surface area contributed by atoms with E-state index in [1.807, 2.05) is 4.90 Å². The van der Waals surface area contributed by atoms with Crippen molar-refractivity contribution in [1.82, 2.24) is 0 Å². The predicted octanol–water partition coefficient (Wildman–Crippen LogP) is 3.26. The number of aromatic hydroxyl groups is 1. The fraction of sp³-hybridized carbons (Fsp3) is 0.211. The molecule has 2 aromatic rings. The number of ketones is 1. The molecule has 0 unspecified atom stereocenters. The average Bonchev–Trinajstić information content (AvgIpc) is 2.60. The molecular formula is C19H18FNO3. The van der Waals surface area contributed by atoms with Crippen LogP contribution in [-0.4, -0.2) is 37.2 Å². The fourth-order valence-corrected chi connectivity index (χ4v) is 2.62. The number of nitrogens with zero attached hydrogens (tertiary/aromatic N) is 1. The minimum absolute atomic E-state index is 0.130. The number of allylic oxidation sites excluding steroid dienone is 1. The van der Waals surface area contributed by atoms with Crippen LogP contribution in [0.2, 0.25) is 0 Å². The van der Waals surface area contributed by atoms with Gasteiger partial charge >= 0.3 is 0 Å². The SMILES string of the molecule is O=C(C=Cc1cccc(O)c1)c1ccc(N2CCOCC2)c(F)c1. The minimum Gasteiger partial charge on any atom is -0.508 e. The number of carbonyl (C=O) groups is 1. The van der Waals surface area contributed by atoms with Gasteiger partial charge in [-0.15, -0.1) is 0 Å². The van der Waals surface area contributed by atoms with Crippen LogP contribution < -0.4 is 4.90 Å². The zero-order valence-corrected chi connectivity index (χ0v) is 13.1. The summed E-state index contributed by atoms with van der Waals surface area (Å²) in [6.07, 6.45) is 2.97. The molecule has 0 aromatic heterocycles. The van der Waals surface area contributed by atoms with Gasteiger partial charge in [0.1, 0.15) is 11.6 Å². The van der Waals surface area contributed by atoms with Crippen molar-refractivity contribution in [1.29, 1.82) is 0 Å². The molecule has 1 aliphatic rings. The lowest BCUT2D eigenvalue weighted by atomic mass is 10.1. The second kappa shape index (κ2) is 7.27. The summed E-state index contributed by atoms with van der Waals surface area (Å²) in [6, 6.07) is 11.1. The van der Waals surface area contributed by atoms with E-state index in [0.717, 1.165) is 0 Å². The van der Waals surface area contributed by atoms with Gasteiger partial charge in [0.15, 0.2) is 5.78 Å². The Bertz CT molecular complexity index is 767. The van der Waals surface area contributed by atoms with Gasteiger partial charge in [0.2, 0.25) is 0 Å². The molecule has 0 aliphatic carbocycles. The van der Waals surface area contributed by atoms with Crippen molar-refractivity contribution in [3.05, 3.63) is 65.5 Å². The number of halogens is 1. The molecule has 1 N–H and O–H groups in total. The van der Waals surface area contributed by atoms with Crippen LogP contribution in [0, 0.1) is 5.82 Å². The summed E-state index contributed by atoms with van der Waals surface area (Å²) in [7, 11) is 0. The Morgan fingerprint density at radius 3 is 2.67 bits per heavy atom. The van der Waals surface area contributed by atoms with Crippen molar-refractivity contribution < 1.29 is 19.0 Å². The molecule has 0 atom stereocenters. The molecule has 0 spiro atoms. The van der Waals surface area contributed by atoms with Crippen molar-refractivity contribution in [3.63, 3.8) is 0 Å². The molecule has 0 amide bonds. The number of morpholine rings is 1. The number of rotatable bonds is 4. The summed E-state index contributed by atoms with van der Waals surface area (Å²) in [5.74, 6) is -0.565. The highest BCUT2D eigenvalue weighted by molar-refractivity contribution is 6.07. The van der Waals surface area contributed by atoms with Crippen molar-refractivity contribution in [2.45, 2.75) is 0 Å². The van der Waals surface area contributed by atoms with Gasteiger partial charge in [-0.05, 0) is 42.0 Å². The first kappa shape index (κ1) is 16.2.